The van der Waals surface area contributed by atoms with Gasteiger partial charge < -0.3 is 10.1 Å². The zero-order valence-corrected chi connectivity index (χ0v) is 12.8. The number of halogens is 1. The Hall–Kier alpha value is -1.41. The summed E-state index contributed by atoms with van der Waals surface area (Å²) in [7, 11) is 1.53. The van der Waals surface area contributed by atoms with E-state index in [0.29, 0.717) is 11.1 Å². The van der Waals surface area contributed by atoms with Crippen LogP contribution in [-0.2, 0) is 0 Å². The summed E-state index contributed by atoms with van der Waals surface area (Å²) in [5, 5.41) is 4.38. The number of methoxy groups -OCH3 is 1. The first-order valence-corrected chi connectivity index (χ1v) is 7.15. The summed E-state index contributed by atoms with van der Waals surface area (Å²) in [5.41, 5.74) is 0. The van der Waals surface area contributed by atoms with Crippen LogP contribution in [-0.4, -0.2) is 33.6 Å². The Morgan fingerprint density at radius 1 is 1.32 bits per heavy atom. The summed E-state index contributed by atoms with van der Waals surface area (Å²) in [5.74, 6) is 0.494. The van der Waals surface area contributed by atoms with Crippen molar-refractivity contribution in [2.75, 3.05) is 19.0 Å². The summed E-state index contributed by atoms with van der Waals surface area (Å²) < 4.78 is 5.98. The lowest BCUT2D eigenvalue weighted by molar-refractivity contribution is 0.373. The lowest BCUT2D eigenvalue weighted by Crippen LogP contribution is -2.05. The van der Waals surface area contributed by atoms with Crippen LogP contribution in [0.2, 0.25) is 0 Å². The van der Waals surface area contributed by atoms with Crippen LogP contribution in [0.3, 0.4) is 0 Å². The molecular weight excluding hydrogens is 330 g/mol. The molecule has 0 bridgehead atoms. The molecule has 0 fully saturated rings. The van der Waals surface area contributed by atoms with E-state index in [-0.39, 0.29) is 6.01 Å². The van der Waals surface area contributed by atoms with E-state index in [1.165, 1.54) is 18.9 Å². The van der Waals surface area contributed by atoms with E-state index in [0.717, 1.165) is 16.0 Å². The Balaban J connectivity index is 2.23. The molecule has 0 aliphatic rings. The Morgan fingerprint density at radius 2 is 2.16 bits per heavy atom. The zero-order chi connectivity index (χ0) is 13.7. The van der Waals surface area contributed by atoms with Gasteiger partial charge in [0.2, 0.25) is 11.1 Å². The second-order valence-electron chi connectivity index (χ2n) is 3.38. The van der Waals surface area contributed by atoms with Gasteiger partial charge >= 0.3 is 6.01 Å². The van der Waals surface area contributed by atoms with Gasteiger partial charge in [0.25, 0.3) is 0 Å². The molecule has 100 valence electrons. The smallest absolute Gasteiger partial charge is 0.321 e. The van der Waals surface area contributed by atoms with Crippen LogP contribution in [0, 0.1) is 0 Å². The third kappa shape index (κ3) is 4.03. The van der Waals surface area contributed by atoms with E-state index < -0.39 is 0 Å². The number of ether oxygens (including phenoxy) is 1. The molecule has 0 radical (unpaired) electrons. The fourth-order valence-corrected chi connectivity index (χ4v) is 2.15. The van der Waals surface area contributed by atoms with Gasteiger partial charge in [-0.3, -0.25) is 0 Å². The number of rotatable bonds is 5. The molecule has 2 heterocycles. The van der Waals surface area contributed by atoms with Crippen molar-refractivity contribution in [3.8, 4) is 6.01 Å². The Kier molecular flexibility index (Phi) is 4.92. The average molecular weight is 342 g/mol. The molecule has 0 saturated heterocycles. The summed E-state index contributed by atoms with van der Waals surface area (Å²) >= 11 is 4.69. The maximum absolute atomic E-state index is 5.06. The van der Waals surface area contributed by atoms with E-state index in [4.69, 9.17) is 4.74 Å². The number of nitrogens with zero attached hydrogens (tertiary/aromatic N) is 4. The first-order chi connectivity index (χ1) is 9.21. The lowest BCUT2D eigenvalue weighted by atomic mass is 10.5. The van der Waals surface area contributed by atoms with Gasteiger partial charge in [0.1, 0.15) is 5.03 Å². The normalized spacial score (nSPS) is 10.3. The van der Waals surface area contributed by atoms with Crippen molar-refractivity contribution in [3.05, 3.63) is 22.8 Å². The van der Waals surface area contributed by atoms with E-state index >= 15 is 0 Å². The van der Waals surface area contributed by atoms with Gasteiger partial charge in [0, 0.05) is 17.2 Å². The SMILES string of the molecule is CCNc1nc(OC)nc(Sc2ccc(Br)cn2)n1. The van der Waals surface area contributed by atoms with Crippen LogP contribution in [0.25, 0.3) is 0 Å². The van der Waals surface area contributed by atoms with Gasteiger partial charge in [0.05, 0.1) is 7.11 Å². The fraction of sp³-hybridized carbons (Fsp3) is 0.273. The molecule has 1 N–H and O–H groups in total. The van der Waals surface area contributed by atoms with E-state index in [1.807, 2.05) is 19.1 Å². The molecular formula is C11H12BrN5OS. The minimum Gasteiger partial charge on any atom is -0.467 e. The van der Waals surface area contributed by atoms with Crippen molar-refractivity contribution < 1.29 is 4.74 Å². The summed E-state index contributed by atoms with van der Waals surface area (Å²) in [4.78, 5) is 16.8. The predicted molar refractivity (Wildman–Crippen MR) is 76.6 cm³/mol. The van der Waals surface area contributed by atoms with E-state index in [9.17, 15) is 0 Å². The monoisotopic (exact) mass is 341 g/mol. The second kappa shape index (κ2) is 6.67. The first-order valence-electron chi connectivity index (χ1n) is 5.54. The van der Waals surface area contributed by atoms with Crippen LogP contribution >= 0.6 is 27.7 Å². The van der Waals surface area contributed by atoms with Crippen molar-refractivity contribution in [2.24, 2.45) is 0 Å². The van der Waals surface area contributed by atoms with Gasteiger partial charge in [-0.15, -0.1) is 0 Å². The van der Waals surface area contributed by atoms with Crippen LogP contribution in [0.15, 0.2) is 33.0 Å². The molecule has 0 amide bonds. The maximum atomic E-state index is 5.06. The number of hydrogen-bond acceptors (Lipinski definition) is 7. The zero-order valence-electron chi connectivity index (χ0n) is 10.4. The van der Waals surface area contributed by atoms with Crippen LogP contribution in [0.4, 0.5) is 5.95 Å². The minimum absolute atomic E-state index is 0.283. The quantitative estimate of drug-likeness (QED) is 0.895. The van der Waals surface area contributed by atoms with Gasteiger partial charge in [0.15, 0.2) is 0 Å². The summed E-state index contributed by atoms with van der Waals surface area (Å²) in [6, 6.07) is 4.09. The molecule has 2 aromatic heterocycles. The molecule has 6 nitrogen and oxygen atoms in total. The van der Waals surface area contributed by atoms with E-state index in [1.54, 1.807) is 6.20 Å². The molecule has 2 aromatic rings. The van der Waals surface area contributed by atoms with Gasteiger partial charge in [-0.25, -0.2) is 4.98 Å². The molecule has 0 saturated carbocycles. The van der Waals surface area contributed by atoms with Crippen molar-refractivity contribution in [2.45, 2.75) is 17.1 Å². The number of anilines is 1. The molecule has 8 heteroatoms. The van der Waals surface area contributed by atoms with Gasteiger partial charge in [-0.05, 0) is 46.7 Å². The fourth-order valence-electron chi connectivity index (χ4n) is 1.23. The van der Waals surface area contributed by atoms with Crippen LogP contribution < -0.4 is 10.1 Å². The molecule has 0 aromatic carbocycles. The average Bonchev–Trinajstić information content (AvgIpc) is 2.41. The van der Waals surface area contributed by atoms with Crippen LogP contribution in [0.1, 0.15) is 6.92 Å². The summed E-state index contributed by atoms with van der Waals surface area (Å²) in [6.45, 7) is 2.70. The Morgan fingerprint density at radius 3 is 2.79 bits per heavy atom. The summed E-state index contributed by atoms with van der Waals surface area (Å²) in [6.07, 6.45) is 1.73. The highest BCUT2D eigenvalue weighted by Gasteiger charge is 2.08. The minimum atomic E-state index is 0.283. The number of aromatic nitrogens is 4. The Bertz CT molecular complexity index is 551. The predicted octanol–water partition coefficient (Wildman–Crippen LogP) is 2.62. The van der Waals surface area contributed by atoms with Crippen LogP contribution in [0.5, 0.6) is 6.01 Å². The lowest BCUT2D eigenvalue weighted by Gasteiger charge is -2.06. The largest absolute Gasteiger partial charge is 0.467 e. The first kappa shape index (κ1) is 14.0. The highest BCUT2D eigenvalue weighted by molar-refractivity contribution is 9.10. The van der Waals surface area contributed by atoms with Crippen molar-refractivity contribution >= 4 is 33.6 Å². The molecule has 0 aliphatic heterocycles. The van der Waals surface area contributed by atoms with Crippen molar-refractivity contribution in [1.29, 1.82) is 0 Å². The number of nitrogens with one attached hydrogen (secondary N) is 1. The molecule has 19 heavy (non-hydrogen) atoms. The van der Waals surface area contributed by atoms with E-state index in [2.05, 4.69) is 41.2 Å². The Labute approximate surface area is 123 Å². The molecule has 0 atom stereocenters. The third-order valence-corrected chi connectivity index (χ3v) is 3.29. The molecule has 0 unspecified atom stereocenters. The highest BCUT2D eigenvalue weighted by Crippen LogP contribution is 2.25. The topological polar surface area (TPSA) is 72.8 Å². The number of hydrogen-bond donors (Lipinski definition) is 1. The van der Waals surface area contributed by atoms with Crippen molar-refractivity contribution in [1.82, 2.24) is 19.9 Å². The molecule has 0 aliphatic carbocycles. The molecule has 2 rings (SSSR count). The number of pyridine rings is 1. The molecule has 0 spiro atoms. The van der Waals surface area contributed by atoms with Gasteiger partial charge in [-0.2, -0.15) is 15.0 Å². The van der Waals surface area contributed by atoms with Crippen molar-refractivity contribution in [3.63, 3.8) is 0 Å². The highest BCUT2D eigenvalue weighted by atomic mass is 79.9. The third-order valence-electron chi connectivity index (χ3n) is 2.01. The van der Waals surface area contributed by atoms with Gasteiger partial charge in [-0.1, -0.05) is 0 Å². The second-order valence-corrected chi connectivity index (χ2v) is 5.28. The standard InChI is InChI=1S/C11H12BrN5OS/c1-3-13-9-15-10(18-2)17-11(16-9)19-8-5-4-7(12)6-14-8/h4-6H,3H2,1-2H3,(H,13,15,16,17). The maximum Gasteiger partial charge on any atom is 0.321 e.